The molecule has 1 amide bonds. The van der Waals surface area contributed by atoms with Crippen LogP contribution in [0.3, 0.4) is 0 Å². The molecule has 0 spiro atoms. The van der Waals surface area contributed by atoms with E-state index >= 15 is 0 Å². The standard InChI is InChI=1S/C15H15FN6OS/c1-10-7-13(21(2)20-10)18-14(23)8-24-15-19-17-9-22(15)12-6-4-3-5-11(12)16/h3-7,9H,8H2,1-2H3,(H,18,23). The van der Waals surface area contributed by atoms with Gasteiger partial charge in [-0.3, -0.25) is 14.0 Å². The van der Waals surface area contributed by atoms with Gasteiger partial charge < -0.3 is 5.32 Å². The van der Waals surface area contributed by atoms with Crippen molar-refractivity contribution >= 4 is 23.5 Å². The summed E-state index contributed by atoms with van der Waals surface area (Å²) in [5, 5.41) is 15.1. The van der Waals surface area contributed by atoms with Gasteiger partial charge in [-0.25, -0.2) is 4.39 Å². The van der Waals surface area contributed by atoms with Gasteiger partial charge in [0.25, 0.3) is 0 Å². The Hall–Kier alpha value is -2.68. The molecule has 124 valence electrons. The average molecular weight is 346 g/mol. The molecule has 3 aromatic rings. The first-order valence-corrected chi connectivity index (χ1v) is 8.11. The van der Waals surface area contributed by atoms with E-state index in [2.05, 4.69) is 20.6 Å². The molecule has 9 heteroatoms. The highest BCUT2D eigenvalue weighted by Crippen LogP contribution is 2.21. The van der Waals surface area contributed by atoms with Gasteiger partial charge >= 0.3 is 0 Å². The second kappa shape index (κ2) is 6.83. The largest absolute Gasteiger partial charge is 0.310 e. The van der Waals surface area contributed by atoms with E-state index in [0.29, 0.717) is 16.7 Å². The van der Waals surface area contributed by atoms with Gasteiger partial charge in [0, 0.05) is 13.1 Å². The Morgan fingerprint density at radius 1 is 1.38 bits per heavy atom. The molecule has 7 nitrogen and oxygen atoms in total. The smallest absolute Gasteiger partial charge is 0.235 e. The zero-order chi connectivity index (χ0) is 17.1. The van der Waals surface area contributed by atoms with Gasteiger partial charge in [-0.2, -0.15) is 5.10 Å². The Morgan fingerprint density at radius 3 is 2.88 bits per heavy atom. The van der Waals surface area contributed by atoms with E-state index in [1.807, 2.05) is 6.92 Å². The van der Waals surface area contributed by atoms with Crippen LogP contribution >= 0.6 is 11.8 Å². The van der Waals surface area contributed by atoms with Gasteiger partial charge in [0.1, 0.15) is 18.0 Å². The summed E-state index contributed by atoms with van der Waals surface area (Å²) in [5.74, 6) is 0.158. The molecule has 0 saturated carbocycles. The number of thioether (sulfide) groups is 1. The number of benzene rings is 1. The molecule has 0 aliphatic heterocycles. The summed E-state index contributed by atoms with van der Waals surface area (Å²) in [4.78, 5) is 12.1. The second-order valence-electron chi connectivity index (χ2n) is 5.07. The van der Waals surface area contributed by atoms with Crippen LogP contribution in [-0.2, 0) is 11.8 Å². The third-order valence-corrected chi connectivity index (χ3v) is 4.17. The Labute approximate surface area is 141 Å². The van der Waals surface area contributed by atoms with Gasteiger partial charge in [0.05, 0.1) is 17.1 Å². The minimum Gasteiger partial charge on any atom is -0.310 e. The van der Waals surface area contributed by atoms with Crippen molar-refractivity contribution in [3.8, 4) is 5.69 Å². The van der Waals surface area contributed by atoms with Gasteiger partial charge in [0.15, 0.2) is 5.16 Å². The fourth-order valence-electron chi connectivity index (χ4n) is 2.17. The number of nitrogens with zero attached hydrogens (tertiary/aromatic N) is 5. The summed E-state index contributed by atoms with van der Waals surface area (Å²) in [6.45, 7) is 1.85. The second-order valence-corrected chi connectivity index (χ2v) is 6.01. The summed E-state index contributed by atoms with van der Waals surface area (Å²) in [6.07, 6.45) is 1.42. The van der Waals surface area contributed by atoms with Crippen molar-refractivity contribution in [2.75, 3.05) is 11.1 Å². The molecular formula is C15H15FN6OS. The lowest BCUT2D eigenvalue weighted by Crippen LogP contribution is -2.16. The maximum absolute atomic E-state index is 13.9. The predicted octanol–water partition coefficient (Wildman–Crippen LogP) is 2.18. The van der Waals surface area contributed by atoms with E-state index in [-0.39, 0.29) is 17.5 Å². The highest BCUT2D eigenvalue weighted by atomic mass is 32.2. The molecule has 0 saturated heterocycles. The van der Waals surface area contributed by atoms with Crippen LogP contribution in [0.15, 0.2) is 41.8 Å². The van der Waals surface area contributed by atoms with Gasteiger partial charge in [-0.15, -0.1) is 10.2 Å². The highest BCUT2D eigenvalue weighted by Gasteiger charge is 2.13. The maximum Gasteiger partial charge on any atom is 0.235 e. The van der Waals surface area contributed by atoms with Crippen LogP contribution in [0.25, 0.3) is 5.69 Å². The fourth-order valence-corrected chi connectivity index (χ4v) is 2.89. The number of aromatic nitrogens is 5. The van der Waals surface area contributed by atoms with Crippen molar-refractivity contribution in [3.63, 3.8) is 0 Å². The summed E-state index contributed by atoms with van der Waals surface area (Å²) in [6, 6.07) is 8.11. The van der Waals surface area contributed by atoms with Crippen LogP contribution in [0.5, 0.6) is 0 Å². The molecule has 24 heavy (non-hydrogen) atoms. The number of amides is 1. The quantitative estimate of drug-likeness (QED) is 0.717. The molecular weight excluding hydrogens is 331 g/mol. The first kappa shape index (κ1) is 16.2. The van der Waals surface area contributed by atoms with Gasteiger partial charge in [0.2, 0.25) is 5.91 Å². The Kier molecular flexibility index (Phi) is 4.61. The monoisotopic (exact) mass is 346 g/mol. The van der Waals surface area contributed by atoms with Crippen LogP contribution in [0, 0.1) is 12.7 Å². The molecule has 2 heterocycles. The van der Waals surface area contributed by atoms with Crippen LogP contribution in [0.2, 0.25) is 0 Å². The van der Waals surface area contributed by atoms with Crippen molar-refractivity contribution in [2.45, 2.75) is 12.1 Å². The number of hydrogen-bond donors (Lipinski definition) is 1. The third-order valence-electron chi connectivity index (χ3n) is 3.23. The molecule has 2 aromatic heterocycles. The Bertz CT molecular complexity index is 874. The van der Waals surface area contributed by atoms with E-state index in [0.717, 1.165) is 5.69 Å². The van der Waals surface area contributed by atoms with Crippen molar-refractivity contribution in [1.29, 1.82) is 0 Å². The lowest BCUT2D eigenvalue weighted by Gasteiger charge is -2.07. The minimum absolute atomic E-state index is 0.122. The van der Waals surface area contributed by atoms with E-state index in [1.165, 1.54) is 28.7 Å². The number of halogens is 1. The number of nitrogens with one attached hydrogen (secondary N) is 1. The molecule has 0 radical (unpaired) electrons. The van der Waals surface area contributed by atoms with Gasteiger partial charge in [-0.05, 0) is 19.1 Å². The van der Waals surface area contributed by atoms with Crippen molar-refractivity contribution in [3.05, 3.63) is 48.2 Å². The summed E-state index contributed by atoms with van der Waals surface area (Å²) in [7, 11) is 1.75. The number of para-hydroxylation sites is 1. The molecule has 0 aliphatic rings. The summed E-state index contributed by atoms with van der Waals surface area (Å²) < 4.78 is 17.0. The number of hydrogen-bond acceptors (Lipinski definition) is 5. The topological polar surface area (TPSA) is 77.6 Å². The van der Waals surface area contributed by atoms with Gasteiger partial charge in [-0.1, -0.05) is 23.9 Å². The first-order valence-electron chi connectivity index (χ1n) is 7.13. The minimum atomic E-state index is -0.381. The highest BCUT2D eigenvalue weighted by molar-refractivity contribution is 7.99. The summed E-state index contributed by atoms with van der Waals surface area (Å²) >= 11 is 1.18. The zero-order valence-electron chi connectivity index (χ0n) is 13.1. The molecule has 0 unspecified atom stereocenters. The lowest BCUT2D eigenvalue weighted by atomic mass is 10.3. The maximum atomic E-state index is 13.9. The van der Waals surface area contributed by atoms with E-state index in [9.17, 15) is 9.18 Å². The number of anilines is 1. The molecule has 0 aliphatic carbocycles. The molecule has 0 bridgehead atoms. The first-order chi connectivity index (χ1) is 11.5. The predicted molar refractivity (Wildman–Crippen MR) is 88.6 cm³/mol. The molecule has 1 N–H and O–H groups in total. The molecule has 0 atom stereocenters. The van der Waals surface area contributed by atoms with Crippen LogP contribution in [0.4, 0.5) is 10.2 Å². The number of carbonyl (C=O) groups excluding carboxylic acids is 1. The zero-order valence-corrected chi connectivity index (χ0v) is 13.9. The molecule has 3 rings (SSSR count). The van der Waals surface area contributed by atoms with Crippen molar-refractivity contribution in [1.82, 2.24) is 24.5 Å². The van der Waals surface area contributed by atoms with Crippen LogP contribution in [-0.4, -0.2) is 36.2 Å². The van der Waals surface area contributed by atoms with Crippen LogP contribution in [0.1, 0.15) is 5.69 Å². The van der Waals surface area contributed by atoms with Crippen molar-refractivity contribution < 1.29 is 9.18 Å². The molecule has 1 aromatic carbocycles. The summed E-state index contributed by atoms with van der Waals surface area (Å²) in [5.41, 5.74) is 1.16. The fraction of sp³-hybridized carbons (Fsp3) is 0.200. The van der Waals surface area contributed by atoms with E-state index in [1.54, 1.807) is 36.0 Å². The Balaban J connectivity index is 1.68. The van der Waals surface area contributed by atoms with Crippen LogP contribution < -0.4 is 5.32 Å². The number of rotatable bonds is 5. The normalized spacial score (nSPS) is 10.8. The van der Waals surface area contributed by atoms with E-state index in [4.69, 9.17) is 0 Å². The third kappa shape index (κ3) is 3.46. The van der Waals surface area contributed by atoms with E-state index < -0.39 is 0 Å². The number of carbonyl (C=O) groups is 1. The SMILES string of the molecule is Cc1cc(NC(=O)CSc2nncn2-c2ccccc2F)n(C)n1. The Morgan fingerprint density at radius 2 is 2.17 bits per heavy atom. The average Bonchev–Trinajstić information content (AvgIpc) is 3.12. The number of aryl methyl sites for hydroxylation is 2. The lowest BCUT2D eigenvalue weighted by molar-refractivity contribution is -0.113. The van der Waals surface area contributed by atoms with Crippen molar-refractivity contribution in [2.24, 2.45) is 7.05 Å². The molecule has 0 fully saturated rings.